The number of ether oxygens (including phenoxy) is 1. The number of halogens is 1. The van der Waals surface area contributed by atoms with Gasteiger partial charge in [-0.3, -0.25) is 0 Å². The Labute approximate surface area is 127 Å². The van der Waals surface area contributed by atoms with E-state index in [1.165, 1.54) is 6.07 Å². The van der Waals surface area contributed by atoms with E-state index in [9.17, 15) is 8.42 Å². The predicted molar refractivity (Wildman–Crippen MR) is 78.0 cm³/mol. The average Bonchev–Trinajstić information content (AvgIpc) is 2.71. The SMILES string of the molecule is CNCc1cc(S(=O)(=O)NCC2(OC)CCC2)c(Br)o1. The van der Waals surface area contributed by atoms with E-state index in [-0.39, 0.29) is 21.7 Å². The molecule has 0 atom stereocenters. The highest BCUT2D eigenvalue weighted by atomic mass is 79.9. The Morgan fingerprint density at radius 2 is 2.20 bits per heavy atom. The van der Waals surface area contributed by atoms with Crippen LogP contribution in [0.5, 0.6) is 0 Å². The van der Waals surface area contributed by atoms with Crippen LogP contribution in [0.25, 0.3) is 0 Å². The van der Waals surface area contributed by atoms with E-state index < -0.39 is 10.0 Å². The summed E-state index contributed by atoms with van der Waals surface area (Å²) in [5, 5.41) is 2.91. The van der Waals surface area contributed by atoms with Crippen LogP contribution in [0.1, 0.15) is 25.0 Å². The Morgan fingerprint density at radius 1 is 1.50 bits per heavy atom. The lowest BCUT2D eigenvalue weighted by Crippen LogP contribution is -2.49. The van der Waals surface area contributed by atoms with E-state index in [1.807, 2.05) is 0 Å². The summed E-state index contributed by atoms with van der Waals surface area (Å²) in [5.74, 6) is 0.560. The maximum absolute atomic E-state index is 12.3. The van der Waals surface area contributed by atoms with E-state index in [1.54, 1.807) is 14.2 Å². The molecule has 1 heterocycles. The minimum atomic E-state index is -3.61. The van der Waals surface area contributed by atoms with Crippen LogP contribution in [-0.2, 0) is 21.3 Å². The zero-order valence-electron chi connectivity index (χ0n) is 11.5. The van der Waals surface area contributed by atoms with Gasteiger partial charge in [0.2, 0.25) is 10.0 Å². The summed E-state index contributed by atoms with van der Waals surface area (Å²) in [6, 6.07) is 1.52. The first kappa shape index (κ1) is 16.0. The monoisotopic (exact) mass is 366 g/mol. The van der Waals surface area contributed by atoms with Gasteiger partial charge in [0.25, 0.3) is 0 Å². The Hall–Kier alpha value is -0.410. The molecule has 1 saturated carbocycles. The minimum absolute atomic E-state index is 0.119. The summed E-state index contributed by atoms with van der Waals surface area (Å²) in [6.07, 6.45) is 2.82. The lowest BCUT2D eigenvalue weighted by atomic mass is 9.80. The average molecular weight is 367 g/mol. The number of sulfonamides is 1. The standard InChI is InChI=1S/C12H19BrN2O4S/c1-14-7-9-6-10(11(13)19-9)20(16,17)15-8-12(18-2)4-3-5-12/h6,14-15H,3-5,7-8H2,1-2H3. The first-order chi connectivity index (χ1) is 9.42. The molecule has 0 saturated heterocycles. The summed E-state index contributed by atoms with van der Waals surface area (Å²) in [6.45, 7) is 0.751. The number of furan rings is 1. The first-order valence-corrected chi connectivity index (χ1v) is 8.68. The summed E-state index contributed by atoms with van der Waals surface area (Å²) in [5.41, 5.74) is -0.350. The molecule has 0 amide bonds. The highest BCUT2D eigenvalue weighted by Gasteiger charge is 2.38. The van der Waals surface area contributed by atoms with Crippen LogP contribution >= 0.6 is 15.9 Å². The van der Waals surface area contributed by atoms with Crippen LogP contribution < -0.4 is 10.0 Å². The molecule has 1 aliphatic carbocycles. The Kier molecular flexibility index (Phi) is 4.91. The van der Waals surface area contributed by atoms with Gasteiger partial charge >= 0.3 is 0 Å². The fourth-order valence-electron chi connectivity index (χ4n) is 2.17. The van der Waals surface area contributed by atoms with Crippen LogP contribution in [0.4, 0.5) is 0 Å². The normalized spacial score (nSPS) is 17.9. The van der Waals surface area contributed by atoms with E-state index in [4.69, 9.17) is 9.15 Å². The number of methoxy groups -OCH3 is 1. The third-order valence-corrected chi connectivity index (χ3v) is 5.89. The molecule has 0 bridgehead atoms. The van der Waals surface area contributed by atoms with Crippen LogP contribution in [0.3, 0.4) is 0 Å². The zero-order valence-corrected chi connectivity index (χ0v) is 13.9. The van der Waals surface area contributed by atoms with Crippen molar-refractivity contribution in [3.8, 4) is 0 Å². The van der Waals surface area contributed by atoms with E-state index in [2.05, 4.69) is 26.0 Å². The van der Waals surface area contributed by atoms with Gasteiger partial charge in [-0.05, 0) is 42.2 Å². The van der Waals surface area contributed by atoms with Gasteiger partial charge in [0.1, 0.15) is 10.7 Å². The fraction of sp³-hybridized carbons (Fsp3) is 0.667. The highest BCUT2D eigenvalue weighted by molar-refractivity contribution is 9.10. The molecule has 0 unspecified atom stereocenters. The summed E-state index contributed by atoms with van der Waals surface area (Å²) < 4.78 is 38.2. The van der Waals surface area contributed by atoms with Gasteiger partial charge in [0, 0.05) is 19.7 Å². The minimum Gasteiger partial charge on any atom is -0.452 e. The molecule has 6 nitrogen and oxygen atoms in total. The first-order valence-electron chi connectivity index (χ1n) is 6.40. The van der Waals surface area contributed by atoms with Gasteiger partial charge in [-0.1, -0.05) is 0 Å². The molecule has 1 aromatic heterocycles. The molecule has 20 heavy (non-hydrogen) atoms. The van der Waals surface area contributed by atoms with Crippen LogP contribution in [0.2, 0.25) is 0 Å². The third kappa shape index (κ3) is 3.25. The van der Waals surface area contributed by atoms with Gasteiger partial charge in [-0.25, -0.2) is 13.1 Å². The Balaban J connectivity index is 2.10. The second-order valence-electron chi connectivity index (χ2n) is 4.95. The van der Waals surface area contributed by atoms with Gasteiger partial charge in [-0.2, -0.15) is 0 Å². The van der Waals surface area contributed by atoms with Crippen molar-refractivity contribution in [3.63, 3.8) is 0 Å². The summed E-state index contributed by atoms with van der Waals surface area (Å²) >= 11 is 3.15. The van der Waals surface area contributed by atoms with Crippen LogP contribution in [0, 0.1) is 0 Å². The molecule has 0 aromatic carbocycles. The van der Waals surface area contributed by atoms with Crippen molar-refractivity contribution in [3.05, 3.63) is 16.5 Å². The molecule has 1 aliphatic rings. The Bertz CT molecular complexity index is 561. The number of nitrogens with one attached hydrogen (secondary N) is 2. The fourth-order valence-corrected chi connectivity index (χ4v) is 4.28. The lowest BCUT2D eigenvalue weighted by molar-refractivity contribution is -0.0659. The highest BCUT2D eigenvalue weighted by Crippen LogP contribution is 2.35. The van der Waals surface area contributed by atoms with Crippen molar-refractivity contribution in [2.75, 3.05) is 20.7 Å². The number of rotatable bonds is 7. The van der Waals surface area contributed by atoms with E-state index in [0.717, 1.165) is 19.3 Å². The molecule has 114 valence electrons. The second-order valence-corrected chi connectivity index (χ2v) is 7.40. The topological polar surface area (TPSA) is 80.6 Å². The maximum atomic E-state index is 12.3. The third-order valence-electron chi connectivity index (χ3n) is 3.63. The molecule has 2 rings (SSSR count). The van der Waals surface area contributed by atoms with E-state index in [0.29, 0.717) is 12.3 Å². The molecule has 8 heteroatoms. The van der Waals surface area contributed by atoms with Gasteiger partial charge in [0.05, 0.1) is 12.1 Å². The van der Waals surface area contributed by atoms with E-state index >= 15 is 0 Å². The summed E-state index contributed by atoms with van der Waals surface area (Å²) in [4.78, 5) is 0.119. The van der Waals surface area contributed by atoms with Crippen LogP contribution in [0.15, 0.2) is 20.0 Å². The lowest BCUT2D eigenvalue weighted by Gasteiger charge is -2.40. The number of hydrogen-bond acceptors (Lipinski definition) is 5. The quantitative estimate of drug-likeness (QED) is 0.765. The van der Waals surface area contributed by atoms with Gasteiger partial charge < -0.3 is 14.5 Å². The molecule has 1 fully saturated rings. The van der Waals surface area contributed by atoms with Crippen molar-refractivity contribution in [2.45, 2.75) is 36.3 Å². The van der Waals surface area contributed by atoms with Gasteiger partial charge in [-0.15, -0.1) is 0 Å². The molecule has 0 aliphatic heterocycles. The Morgan fingerprint density at radius 3 is 2.70 bits per heavy atom. The van der Waals surface area contributed by atoms with Crippen molar-refractivity contribution >= 4 is 26.0 Å². The molecule has 0 radical (unpaired) electrons. The second kappa shape index (κ2) is 6.15. The largest absolute Gasteiger partial charge is 0.452 e. The van der Waals surface area contributed by atoms with Crippen molar-refractivity contribution in [2.24, 2.45) is 0 Å². The molecule has 0 spiro atoms. The molecule has 2 N–H and O–H groups in total. The number of hydrogen-bond donors (Lipinski definition) is 2. The molecular weight excluding hydrogens is 348 g/mol. The summed E-state index contributed by atoms with van der Waals surface area (Å²) in [7, 11) is -0.223. The van der Waals surface area contributed by atoms with Crippen LogP contribution in [-0.4, -0.2) is 34.7 Å². The van der Waals surface area contributed by atoms with Gasteiger partial charge in [0.15, 0.2) is 4.67 Å². The maximum Gasteiger partial charge on any atom is 0.245 e. The predicted octanol–water partition coefficient (Wildman–Crippen LogP) is 1.61. The molecule has 1 aromatic rings. The van der Waals surface area contributed by atoms with Crippen molar-refractivity contribution < 1.29 is 17.6 Å². The smallest absolute Gasteiger partial charge is 0.245 e. The van der Waals surface area contributed by atoms with Crippen molar-refractivity contribution in [1.29, 1.82) is 0 Å². The van der Waals surface area contributed by atoms with Crippen molar-refractivity contribution in [1.82, 2.24) is 10.0 Å². The molecular formula is C12H19BrN2O4S. The zero-order chi connectivity index (χ0) is 14.8.